The lowest BCUT2D eigenvalue weighted by Gasteiger charge is -2.06. The fourth-order valence-corrected chi connectivity index (χ4v) is 2.56. The highest BCUT2D eigenvalue weighted by molar-refractivity contribution is 7.99. The zero-order chi connectivity index (χ0) is 17.2. The van der Waals surface area contributed by atoms with Crippen LogP contribution in [0.4, 0.5) is 4.79 Å². The van der Waals surface area contributed by atoms with Crippen LogP contribution in [0.25, 0.3) is 0 Å². The van der Waals surface area contributed by atoms with E-state index in [4.69, 9.17) is 16.3 Å². The maximum atomic E-state index is 10.8. The maximum Gasteiger partial charge on any atom is 0.427 e. The van der Waals surface area contributed by atoms with Crippen molar-refractivity contribution in [2.75, 3.05) is 19.5 Å². The number of benzene rings is 2. The number of rotatable bonds is 7. The highest BCUT2D eigenvalue weighted by atomic mass is 35.5. The van der Waals surface area contributed by atoms with Gasteiger partial charge in [0, 0.05) is 15.7 Å². The first-order valence-electron chi connectivity index (χ1n) is 7.15. The monoisotopic (exact) mass is 364 g/mol. The van der Waals surface area contributed by atoms with E-state index in [9.17, 15) is 4.79 Å². The average Bonchev–Trinajstić information content (AvgIpc) is 2.61. The number of methoxy groups -OCH3 is 1. The van der Waals surface area contributed by atoms with Crippen LogP contribution in [-0.2, 0) is 4.74 Å². The molecule has 2 aromatic carbocycles. The van der Waals surface area contributed by atoms with E-state index in [0.29, 0.717) is 6.61 Å². The lowest BCUT2D eigenvalue weighted by Crippen LogP contribution is -2.16. The number of nitrogens with zero attached hydrogens (tertiary/aromatic N) is 1. The van der Waals surface area contributed by atoms with Gasteiger partial charge in [-0.2, -0.15) is 5.10 Å². The molecule has 0 unspecified atom stereocenters. The predicted molar refractivity (Wildman–Crippen MR) is 97.2 cm³/mol. The molecule has 2 rings (SSSR count). The second kappa shape index (κ2) is 9.85. The first-order chi connectivity index (χ1) is 11.7. The number of halogens is 1. The van der Waals surface area contributed by atoms with Crippen molar-refractivity contribution in [3.8, 4) is 5.75 Å². The van der Waals surface area contributed by atoms with Crippen molar-refractivity contribution in [3.05, 3.63) is 59.1 Å². The molecule has 1 amide bonds. The predicted octanol–water partition coefficient (Wildman–Crippen LogP) is 4.20. The van der Waals surface area contributed by atoms with Crippen LogP contribution in [0.1, 0.15) is 5.56 Å². The Bertz CT molecular complexity index is 675. The number of hydrogen-bond donors (Lipinski definition) is 1. The molecule has 2 aromatic rings. The van der Waals surface area contributed by atoms with E-state index in [1.807, 2.05) is 48.5 Å². The van der Waals surface area contributed by atoms with Gasteiger partial charge in [0.1, 0.15) is 5.75 Å². The standard InChI is InChI=1S/C17H17ClN2O3S/c1-22-17(21)20-19-12-13-2-6-15(7-3-13)23-10-11-24-16-8-4-14(18)5-9-16/h2-9,12H,10-11H2,1H3,(H,20,21)/b19-12-. The minimum absolute atomic E-state index is 0.602. The fourth-order valence-electron chi connectivity index (χ4n) is 1.71. The summed E-state index contributed by atoms with van der Waals surface area (Å²) in [7, 11) is 1.28. The third-order valence-corrected chi connectivity index (χ3v) is 4.10. The first-order valence-corrected chi connectivity index (χ1v) is 8.52. The molecule has 0 spiro atoms. The second-order valence-electron chi connectivity index (χ2n) is 4.58. The van der Waals surface area contributed by atoms with E-state index in [1.54, 1.807) is 11.8 Å². The third kappa shape index (κ3) is 6.52. The summed E-state index contributed by atoms with van der Waals surface area (Å²) in [6.07, 6.45) is 0.918. The zero-order valence-corrected chi connectivity index (χ0v) is 14.6. The van der Waals surface area contributed by atoms with Crippen LogP contribution in [0.3, 0.4) is 0 Å². The molecule has 0 atom stereocenters. The van der Waals surface area contributed by atoms with Crippen LogP contribution in [0.15, 0.2) is 58.5 Å². The summed E-state index contributed by atoms with van der Waals surface area (Å²) in [5.74, 6) is 1.62. The molecular weight excluding hydrogens is 348 g/mol. The molecule has 0 aromatic heterocycles. The molecule has 0 heterocycles. The van der Waals surface area contributed by atoms with E-state index in [-0.39, 0.29) is 0 Å². The minimum atomic E-state index is -0.607. The molecule has 0 aliphatic heterocycles. The van der Waals surface area contributed by atoms with Gasteiger partial charge in [-0.3, -0.25) is 0 Å². The van der Waals surface area contributed by atoms with Gasteiger partial charge in [0.05, 0.1) is 19.9 Å². The zero-order valence-electron chi connectivity index (χ0n) is 13.1. The van der Waals surface area contributed by atoms with Crippen molar-refractivity contribution in [1.82, 2.24) is 5.43 Å². The Morgan fingerprint density at radius 1 is 1.21 bits per heavy atom. The van der Waals surface area contributed by atoms with E-state index >= 15 is 0 Å². The molecule has 126 valence electrons. The number of hydrazone groups is 1. The highest BCUT2D eigenvalue weighted by Crippen LogP contribution is 2.20. The first kappa shape index (κ1) is 18.2. The number of hydrogen-bond acceptors (Lipinski definition) is 5. The van der Waals surface area contributed by atoms with Crippen molar-refractivity contribution >= 4 is 35.7 Å². The Hall–Kier alpha value is -2.18. The maximum absolute atomic E-state index is 10.8. The molecule has 1 N–H and O–H groups in total. The molecule has 7 heteroatoms. The van der Waals surface area contributed by atoms with E-state index in [0.717, 1.165) is 27.0 Å². The summed E-state index contributed by atoms with van der Waals surface area (Å²) in [5.41, 5.74) is 3.06. The van der Waals surface area contributed by atoms with E-state index < -0.39 is 6.09 Å². The van der Waals surface area contributed by atoms with Gasteiger partial charge in [-0.15, -0.1) is 11.8 Å². The van der Waals surface area contributed by atoms with Gasteiger partial charge in [-0.05, 0) is 54.1 Å². The quantitative estimate of drug-likeness (QED) is 0.346. The molecule has 0 aliphatic rings. The smallest absolute Gasteiger partial charge is 0.427 e. The Morgan fingerprint density at radius 2 is 1.92 bits per heavy atom. The van der Waals surface area contributed by atoms with Gasteiger partial charge < -0.3 is 9.47 Å². The third-order valence-electron chi connectivity index (χ3n) is 2.87. The van der Waals surface area contributed by atoms with Crippen LogP contribution in [0.2, 0.25) is 5.02 Å². The molecular formula is C17H17ClN2O3S. The van der Waals surface area contributed by atoms with Crippen LogP contribution in [0, 0.1) is 0 Å². The summed E-state index contributed by atoms with van der Waals surface area (Å²) >= 11 is 7.56. The summed E-state index contributed by atoms with van der Waals surface area (Å²) in [6, 6.07) is 15.1. The molecule has 5 nitrogen and oxygen atoms in total. The van der Waals surface area contributed by atoms with Gasteiger partial charge in [-0.25, -0.2) is 10.2 Å². The van der Waals surface area contributed by atoms with Crippen LogP contribution >= 0.6 is 23.4 Å². The van der Waals surface area contributed by atoms with Crippen LogP contribution in [-0.4, -0.2) is 31.8 Å². The van der Waals surface area contributed by atoms with Gasteiger partial charge in [0.2, 0.25) is 0 Å². The molecule has 24 heavy (non-hydrogen) atoms. The summed E-state index contributed by atoms with van der Waals surface area (Å²) < 4.78 is 10.1. The average molecular weight is 365 g/mol. The number of thioether (sulfide) groups is 1. The fraction of sp³-hybridized carbons (Fsp3) is 0.176. The molecule has 0 saturated carbocycles. The van der Waals surface area contributed by atoms with Crippen molar-refractivity contribution in [2.24, 2.45) is 5.10 Å². The summed E-state index contributed by atoms with van der Waals surface area (Å²) in [5, 5.41) is 4.49. The summed E-state index contributed by atoms with van der Waals surface area (Å²) in [6.45, 7) is 0.602. The van der Waals surface area contributed by atoms with Crippen molar-refractivity contribution in [1.29, 1.82) is 0 Å². The highest BCUT2D eigenvalue weighted by Gasteiger charge is 1.98. The number of amides is 1. The lowest BCUT2D eigenvalue weighted by atomic mass is 10.2. The Morgan fingerprint density at radius 3 is 2.58 bits per heavy atom. The molecule has 0 radical (unpaired) electrons. The van der Waals surface area contributed by atoms with Crippen molar-refractivity contribution in [2.45, 2.75) is 4.90 Å². The Balaban J connectivity index is 1.71. The topological polar surface area (TPSA) is 59.9 Å². The molecule has 0 fully saturated rings. The molecule has 0 aliphatic carbocycles. The normalized spacial score (nSPS) is 10.6. The van der Waals surface area contributed by atoms with Crippen molar-refractivity contribution in [3.63, 3.8) is 0 Å². The van der Waals surface area contributed by atoms with Crippen molar-refractivity contribution < 1.29 is 14.3 Å². The van der Waals surface area contributed by atoms with Gasteiger partial charge in [0.25, 0.3) is 0 Å². The number of ether oxygens (including phenoxy) is 2. The van der Waals surface area contributed by atoms with E-state index in [1.165, 1.54) is 13.3 Å². The molecule has 0 saturated heterocycles. The number of nitrogens with one attached hydrogen (secondary N) is 1. The van der Waals surface area contributed by atoms with E-state index in [2.05, 4.69) is 15.3 Å². The van der Waals surface area contributed by atoms with Gasteiger partial charge >= 0.3 is 6.09 Å². The minimum Gasteiger partial charge on any atom is -0.493 e. The Kier molecular flexibility index (Phi) is 7.45. The lowest BCUT2D eigenvalue weighted by molar-refractivity contribution is 0.171. The second-order valence-corrected chi connectivity index (χ2v) is 6.19. The van der Waals surface area contributed by atoms with Gasteiger partial charge in [0.15, 0.2) is 0 Å². The largest absolute Gasteiger partial charge is 0.493 e. The molecule has 0 bridgehead atoms. The summed E-state index contributed by atoms with van der Waals surface area (Å²) in [4.78, 5) is 12.0. The van der Waals surface area contributed by atoms with Crippen LogP contribution in [0.5, 0.6) is 5.75 Å². The number of carbonyl (C=O) groups is 1. The van der Waals surface area contributed by atoms with Gasteiger partial charge in [-0.1, -0.05) is 11.6 Å². The number of carbonyl (C=O) groups excluding carboxylic acids is 1. The SMILES string of the molecule is COC(=O)N/N=C\c1ccc(OCCSc2ccc(Cl)cc2)cc1. The van der Waals surface area contributed by atoms with Crippen LogP contribution < -0.4 is 10.2 Å². The Labute approximate surface area is 150 Å².